The topological polar surface area (TPSA) is 37.4 Å². The van der Waals surface area contributed by atoms with Gasteiger partial charge in [-0.05, 0) is 49.3 Å². The fraction of sp³-hybridized carbons (Fsp3) is 0.467. The van der Waals surface area contributed by atoms with E-state index in [0.29, 0.717) is 27.6 Å². The first-order chi connectivity index (χ1) is 9.58. The molecule has 3 aliphatic rings. The van der Waals surface area contributed by atoms with Crippen molar-refractivity contribution in [1.29, 1.82) is 0 Å². The molecule has 0 unspecified atom stereocenters. The molecular weight excluding hydrogens is 297 g/mol. The van der Waals surface area contributed by atoms with E-state index in [1.165, 1.54) is 4.90 Å². The van der Waals surface area contributed by atoms with Gasteiger partial charge < -0.3 is 0 Å². The van der Waals surface area contributed by atoms with E-state index in [1.54, 1.807) is 18.2 Å². The molecule has 1 aromatic rings. The highest BCUT2D eigenvalue weighted by Gasteiger charge is 2.61. The van der Waals surface area contributed by atoms with Crippen LogP contribution in [0.5, 0.6) is 0 Å². The summed E-state index contributed by atoms with van der Waals surface area (Å²) in [5.41, 5.74) is 0.545. The largest absolute Gasteiger partial charge is 0.274 e. The lowest BCUT2D eigenvalue weighted by Gasteiger charge is -2.19. The monoisotopic (exact) mass is 309 g/mol. The van der Waals surface area contributed by atoms with Gasteiger partial charge in [-0.15, -0.1) is 0 Å². The van der Waals surface area contributed by atoms with Crippen molar-refractivity contribution >= 4 is 40.7 Å². The minimum Gasteiger partial charge on any atom is -0.274 e. The minimum absolute atomic E-state index is 0.0504. The molecule has 0 aromatic heterocycles. The van der Waals surface area contributed by atoms with Crippen LogP contribution in [0.2, 0.25) is 10.0 Å². The molecule has 4 atom stereocenters. The van der Waals surface area contributed by atoms with Crippen LogP contribution in [0, 0.1) is 23.7 Å². The zero-order valence-corrected chi connectivity index (χ0v) is 12.2. The summed E-state index contributed by atoms with van der Waals surface area (Å²) in [6.07, 6.45) is 3.21. The van der Waals surface area contributed by atoms with Crippen LogP contribution in [0.1, 0.15) is 19.3 Å². The van der Waals surface area contributed by atoms with Crippen LogP contribution in [-0.2, 0) is 9.59 Å². The summed E-state index contributed by atoms with van der Waals surface area (Å²) in [6, 6.07) is 4.91. The molecule has 5 heteroatoms. The third kappa shape index (κ3) is 1.54. The van der Waals surface area contributed by atoms with Gasteiger partial charge in [0.2, 0.25) is 11.8 Å². The Balaban J connectivity index is 1.74. The molecule has 2 amide bonds. The average molecular weight is 310 g/mol. The molecule has 1 aliphatic heterocycles. The van der Waals surface area contributed by atoms with Crippen LogP contribution >= 0.6 is 23.2 Å². The number of nitrogens with zero attached hydrogens (tertiary/aromatic N) is 1. The Morgan fingerprint density at radius 2 is 1.55 bits per heavy atom. The number of amides is 2. The fourth-order valence-corrected chi connectivity index (χ4v) is 4.58. The molecule has 3 fully saturated rings. The van der Waals surface area contributed by atoms with Gasteiger partial charge in [0.05, 0.1) is 27.6 Å². The molecule has 0 spiro atoms. The molecule has 104 valence electrons. The molecule has 2 saturated carbocycles. The first-order valence-electron chi connectivity index (χ1n) is 6.91. The third-order valence-corrected chi connectivity index (χ3v) is 5.83. The Hall–Kier alpha value is -1.06. The summed E-state index contributed by atoms with van der Waals surface area (Å²) in [5.74, 6) is 0.492. The van der Waals surface area contributed by atoms with Gasteiger partial charge in [-0.25, -0.2) is 4.90 Å². The van der Waals surface area contributed by atoms with Crippen molar-refractivity contribution in [2.24, 2.45) is 23.7 Å². The Labute approximate surface area is 126 Å². The van der Waals surface area contributed by atoms with Crippen molar-refractivity contribution in [1.82, 2.24) is 0 Å². The van der Waals surface area contributed by atoms with Crippen molar-refractivity contribution in [2.75, 3.05) is 4.90 Å². The summed E-state index contributed by atoms with van der Waals surface area (Å²) in [7, 11) is 0. The highest BCUT2D eigenvalue weighted by Crippen LogP contribution is 2.56. The van der Waals surface area contributed by atoms with Gasteiger partial charge >= 0.3 is 0 Å². The second kappa shape index (κ2) is 4.22. The quantitative estimate of drug-likeness (QED) is 0.744. The van der Waals surface area contributed by atoms with Crippen molar-refractivity contribution in [3.8, 4) is 0 Å². The standard InChI is InChI=1S/C15H13Cl2NO2/c16-10-4-3-9(6-11(10)17)18-14(19)12-7-1-2-8(5-7)13(12)15(18)20/h3-4,6-8,12-13H,1-2,5H2/t7-,8+,12-,13-/m0/s1. The number of hydrogen-bond donors (Lipinski definition) is 0. The Bertz CT molecular complexity index is 602. The molecule has 0 radical (unpaired) electrons. The van der Waals surface area contributed by atoms with Crippen LogP contribution in [0.3, 0.4) is 0 Å². The van der Waals surface area contributed by atoms with Gasteiger partial charge in [-0.1, -0.05) is 23.2 Å². The van der Waals surface area contributed by atoms with Crippen molar-refractivity contribution in [3.05, 3.63) is 28.2 Å². The van der Waals surface area contributed by atoms with E-state index in [2.05, 4.69) is 0 Å². The van der Waals surface area contributed by atoms with E-state index in [9.17, 15) is 9.59 Å². The van der Waals surface area contributed by atoms with E-state index >= 15 is 0 Å². The van der Waals surface area contributed by atoms with Gasteiger partial charge in [-0.3, -0.25) is 9.59 Å². The molecule has 1 saturated heterocycles. The summed E-state index contributed by atoms with van der Waals surface area (Å²) in [5, 5.41) is 0.791. The van der Waals surface area contributed by atoms with Crippen LogP contribution in [0.4, 0.5) is 5.69 Å². The van der Waals surface area contributed by atoms with Gasteiger partial charge in [-0.2, -0.15) is 0 Å². The summed E-state index contributed by atoms with van der Waals surface area (Å²) in [6.45, 7) is 0. The lowest BCUT2D eigenvalue weighted by atomic mass is 9.81. The summed E-state index contributed by atoms with van der Waals surface area (Å²) < 4.78 is 0. The Kier molecular flexibility index (Phi) is 2.67. The Morgan fingerprint density at radius 1 is 0.950 bits per heavy atom. The Morgan fingerprint density at radius 3 is 2.10 bits per heavy atom. The number of fused-ring (bicyclic) bond motifs is 5. The van der Waals surface area contributed by atoms with Gasteiger partial charge in [0.25, 0.3) is 0 Å². The predicted octanol–water partition coefficient (Wildman–Crippen LogP) is 3.53. The number of imide groups is 1. The van der Waals surface area contributed by atoms with E-state index in [0.717, 1.165) is 19.3 Å². The highest BCUT2D eigenvalue weighted by atomic mass is 35.5. The maximum absolute atomic E-state index is 12.6. The van der Waals surface area contributed by atoms with E-state index in [1.807, 2.05) is 0 Å². The van der Waals surface area contributed by atoms with Crippen LogP contribution < -0.4 is 4.90 Å². The van der Waals surface area contributed by atoms with Gasteiger partial charge in [0.1, 0.15) is 0 Å². The lowest BCUT2D eigenvalue weighted by Crippen LogP contribution is -2.32. The molecule has 2 bridgehead atoms. The van der Waals surface area contributed by atoms with E-state index in [-0.39, 0.29) is 23.7 Å². The zero-order valence-electron chi connectivity index (χ0n) is 10.7. The molecule has 3 nitrogen and oxygen atoms in total. The number of carbonyl (C=O) groups excluding carboxylic acids is 2. The number of halogens is 2. The van der Waals surface area contributed by atoms with Gasteiger partial charge in [0, 0.05) is 0 Å². The minimum atomic E-state index is -0.101. The van der Waals surface area contributed by atoms with Crippen LogP contribution in [0.15, 0.2) is 18.2 Å². The summed E-state index contributed by atoms with van der Waals surface area (Å²) >= 11 is 11.9. The number of rotatable bonds is 1. The highest BCUT2D eigenvalue weighted by molar-refractivity contribution is 6.42. The molecule has 1 heterocycles. The first kappa shape index (κ1) is 12.7. The molecule has 2 aliphatic carbocycles. The van der Waals surface area contributed by atoms with Gasteiger partial charge in [0.15, 0.2) is 0 Å². The van der Waals surface area contributed by atoms with E-state index in [4.69, 9.17) is 23.2 Å². The SMILES string of the molecule is O=C1[C@H]2[C@@H]3CC[C@@H](C3)[C@@H]2C(=O)N1c1ccc(Cl)c(Cl)c1. The van der Waals surface area contributed by atoms with Crippen molar-refractivity contribution in [3.63, 3.8) is 0 Å². The number of anilines is 1. The van der Waals surface area contributed by atoms with Crippen molar-refractivity contribution in [2.45, 2.75) is 19.3 Å². The second-order valence-electron chi connectivity index (χ2n) is 6.00. The summed E-state index contributed by atoms with van der Waals surface area (Å²) in [4.78, 5) is 26.5. The number of carbonyl (C=O) groups is 2. The van der Waals surface area contributed by atoms with Crippen LogP contribution in [-0.4, -0.2) is 11.8 Å². The number of hydrogen-bond acceptors (Lipinski definition) is 2. The molecule has 1 aromatic carbocycles. The fourth-order valence-electron chi connectivity index (χ4n) is 4.29. The maximum atomic E-state index is 12.6. The smallest absolute Gasteiger partial charge is 0.237 e. The average Bonchev–Trinajstić information content (AvgIpc) is 3.08. The zero-order chi connectivity index (χ0) is 14.0. The maximum Gasteiger partial charge on any atom is 0.237 e. The molecular formula is C15H13Cl2NO2. The van der Waals surface area contributed by atoms with E-state index < -0.39 is 0 Å². The normalized spacial score (nSPS) is 35.0. The number of benzene rings is 1. The molecule has 20 heavy (non-hydrogen) atoms. The molecule has 4 rings (SSSR count). The second-order valence-corrected chi connectivity index (χ2v) is 6.81. The molecule has 0 N–H and O–H groups in total. The first-order valence-corrected chi connectivity index (χ1v) is 7.66. The van der Waals surface area contributed by atoms with Crippen LogP contribution in [0.25, 0.3) is 0 Å². The van der Waals surface area contributed by atoms with Crippen molar-refractivity contribution < 1.29 is 9.59 Å². The third-order valence-electron chi connectivity index (χ3n) is 5.09. The lowest BCUT2D eigenvalue weighted by molar-refractivity contribution is -0.123. The predicted molar refractivity (Wildman–Crippen MR) is 76.8 cm³/mol.